The predicted molar refractivity (Wildman–Crippen MR) is 100 cm³/mol. The largest absolute Gasteiger partial charge is 0.381 e. The molecule has 1 saturated heterocycles. The van der Waals surface area contributed by atoms with Crippen LogP contribution in [0.4, 0.5) is 5.69 Å². The van der Waals surface area contributed by atoms with E-state index >= 15 is 0 Å². The normalized spacial score (nSPS) is 19.3. The van der Waals surface area contributed by atoms with Gasteiger partial charge in [-0.25, -0.2) is 0 Å². The number of hydrogen-bond acceptors (Lipinski definition) is 3. The molecule has 2 aromatic carbocycles. The zero-order valence-electron chi connectivity index (χ0n) is 14.5. The maximum Gasteiger partial charge on any atom is 0.255 e. The molecule has 2 aliphatic rings. The summed E-state index contributed by atoms with van der Waals surface area (Å²) in [4.78, 5) is 26.6. The second kappa shape index (κ2) is 6.67. The molecule has 0 radical (unpaired) electrons. The number of anilines is 1. The van der Waals surface area contributed by atoms with Crippen LogP contribution < -0.4 is 10.6 Å². The van der Waals surface area contributed by atoms with E-state index in [4.69, 9.17) is 0 Å². The van der Waals surface area contributed by atoms with Gasteiger partial charge in [0.15, 0.2) is 0 Å². The van der Waals surface area contributed by atoms with Gasteiger partial charge >= 0.3 is 0 Å². The van der Waals surface area contributed by atoms with E-state index in [-0.39, 0.29) is 11.8 Å². The van der Waals surface area contributed by atoms with Crippen molar-refractivity contribution in [1.29, 1.82) is 0 Å². The number of carbonyl (C=O) groups is 2. The fourth-order valence-electron chi connectivity index (χ4n) is 3.56. The van der Waals surface area contributed by atoms with Gasteiger partial charge in [0.1, 0.15) is 6.04 Å². The van der Waals surface area contributed by atoms with Gasteiger partial charge in [-0.1, -0.05) is 36.9 Å². The molecule has 0 aliphatic carbocycles. The summed E-state index contributed by atoms with van der Waals surface area (Å²) < 4.78 is 0. The number of fused-ring (bicyclic) bond motifs is 1. The summed E-state index contributed by atoms with van der Waals surface area (Å²) in [6, 6.07) is 15.5. The number of nitrogens with one attached hydrogen (secondary N) is 2. The van der Waals surface area contributed by atoms with Crippen molar-refractivity contribution >= 4 is 17.5 Å². The van der Waals surface area contributed by atoms with E-state index in [9.17, 15) is 9.59 Å². The van der Waals surface area contributed by atoms with E-state index in [1.165, 1.54) is 5.56 Å². The van der Waals surface area contributed by atoms with E-state index < -0.39 is 6.04 Å². The first-order chi connectivity index (χ1) is 12.6. The fourth-order valence-corrected chi connectivity index (χ4v) is 3.56. The van der Waals surface area contributed by atoms with Gasteiger partial charge in [0.2, 0.25) is 5.91 Å². The molecule has 2 heterocycles. The molecule has 1 atom stereocenters. The fraction of sp³-hybridized carbons (Fsp3) is 0.238. The monoisotopic (exact) mass is 347 g/mol. The van der Waals surface area contributed by atoms with E-state index in [1.54, 1.807) is 4.90 Å². The van der Waals surface area contributed by atoms with E-state index in [0.717, 1.165) is 23.5 Å². The van der Waals surface area contributed by atoms with Gasteiger partial charge in [-0.2, -0.15) is 0 Å². The number of nitrogens with zero attached hydrogens (tertiary/aromatic N) is 1. The second-order valence-electron chi connectivity index (χ2n) is 6.79. The summed E-state index contributed by atoms with van der Waals surface area (Å²) in [6.45, 7) is 5.00. The topological polar surface area (TPSA) is 61.4 Å². The van der Waals surface area contributed by atoms with Crippen LogP contribution in [0, 0.1) is 0 Å². The summed E-state index contributed by atoms with van der Waals surface area (Å²) in [5.41, 5.74) is 4.55. The molecular formula is C21H21N3O2. The van der Waals surface area contributed by atoms with Crippen molar-refractivity contribution in [1.82, 2.24) is 10.2 Å². The standard InChI is InChI=1S/C21H21N3O2/c1-14-7-10-19(20(25)23-14)24-13-16-11-17(8-9-18(16)21(24)26)22-12-15-5-3-2-4-6-15/h2-6,8-9,11,19,22H,1,7,10,12-13H2,(H,23,25). The lowest BCUT2D eigenvalue weighted by Gasteiger charge is -2.30. The summed E-state index contributed by atoms with van der Waals surface area (Å²) in [5.74, 6) is -0.202. The third kappa shape index (κ3) is 3.08. The number of piperidine rings is 1. The maximum absolute atomic E-state index is 12.7. The van der Waals surface area contributed by atoms with Gasteiger partial charge in [0, 0.05) is 30.0 Å². The number of rotatable bonds is 4. The molecule has 1 unspecified atom stereocenters. The lowest BCUT2D eigenvalue weighted by Crippen LogP contribution is -2.49. The van der Waals surface area contributed by atoms with Crippen molar-refractivity contribution in [2.75, 3.05) is 5.32 Å². The number of amides is 2. The molecule has 2 aromatic rings. The Morgan fingerprint density at radius 2 is 1.96 bits per heavy atom. The average Bonchev–Trinajstić information content (AvgIpc) is 2.97. The highest BCUT2D eigenvalue weighted by Gasteiger charge is 2.38. The molecule has 2 amide bonds. The molecule has 0 aromatic heterocycles. The lowest BCUT2D eigenvalue weighted by atomic mass is 10.0. The van der Waals surface area contributed by atoms with E-state index in [2.05, 4.69) is 29.3 Å². The highest BCUT2D eigenvalue weighted by molar-refractivity contribution is 6.01. The van der Waals surface area contributed by atoms with Crippen LogP contribution in [0.2, 0.25) is 0 Å². The molecular weight excluding hydrogens is 326 g/mol. The van der Waals surface area contributed by atoms with Crippen LogP contribution in [0.15, 0.2) is 60.8 Å². The van der Waals surface area contributed by atoms with Crippen molar-refractivity contribution in [2.45, 2.75) is 32.0 Å². The third-order valence-corrected chi connectivity index (χ3v) is 4.98. The second-order valence-corrected chi connectivity index (χ2v) is 6.79. The van der Waals surface area contributed by atoms with E-state index in [0.29, 0.717) is 24.9 Å². The first kappa shape index (κ1) is 16.4. The van der Waals surface area contributed by atoms with Gasteiger partial charge in [-0.3, -0.25) is 9.59 Å². The molecule has 0 saturated carbocycles. The van der Waals surface area contributed by atoms with Crippen molar-refractivity contribution in [3.05, 3.63) is 77.5 Å². The Morgan fingerprint density at radius 3 is 2.73 bits per heavy atom. The summed E-state index contributed by atoms with van der Waals surface area (Å²) in [6.07, 6.45) is 1.34. The van der Waals surface area contributed by atoms with Crippen LogP contribution in [0.25, 0.3) is 0 Å². The summed E-state index contributed by atoms with van der Waals surface area (Å²) >= 11 is 0. The smallest absolute Gasteiger partial charge is 0.255 e. The molecule has 4 rings (SSSR count). The SMILES string of the molecule is C=C1CCC(N2Cc3cc(NCc4ccccc4)ccc3C2=O)C(=O)N1. The summed E-state index contributed by atoms with van der Waals surface area (Å²) in [5, 5.41) is 6.16. The van der Waals surface area contributed by atoms with Crippen LogP contribution in [-0.4, -0.2) is 22.8 Å². The number of hydrogen-bond donors (Lipinski definition) is 2. The van der Waals surface area contributed by atoms with Crippen molar-refractivity contribution in [2.24, 2.45) is 0 Å². The Hall–Kier alpha value is -3.08. The summed E-state index contributed by atoms with van der Waals surface area (Å²) in [7, 11) is 0. The van der Waals surface area contributed by atoms with Gasteiger partial charge in [0.25, 0.3) is 5.91 Å². The zero-order valence-corrected chi connectivity index (χ0v) is 14.5. The van der Waals surface area contributed by atoms with Crippen molar-refractivity contribution < 1.29 is 9.59 Å². The van der Waals surface area contributed by atoms with Crippen LogP contribution >= 0.6 is 0 Å². The molecule has 0 bridgehead atoms. The predicted octanol–water partition coefficient (Wildman–Crippen LogP) is 3.05. The third-order valence-electron chi connectivity index (χ3n) is 4.98. The highest BCUT2D eigenvalue weighted by Crippen LogP contribution is 2.30. The highest BCUT2D eigenvalue weighted by atomic mass is 16.2. The number of benzene rings is 2. The Labute approximate surface area is 152 Å². The Kier molecular flexibility index (Phi) is 4.21. The van der Waals surface area contributed by atoms with Crippen molar-refractivity contribution in [3.8, 4) is 0 Å². The minimum absolute atomic E-state index is 0.0673. The minimum Gasteiger partial charge on any atom is -0.381 e. The van der Waals surface area contributed by atoms with Crippen LogP contribution in [0.3, 0.4) is 0 Å². The first-order valence-corrected chi connectivity index (χ1v) is 8.82. The molecule has 132 valence electrons. The van der Waals surface area contributed by atoms with Crippen molar-refractivity contribution in [3.63, 3.8) is 0 Å². The van der Waals surface area contributed by atoms with Crippen LogP contribution in [-0.2, 0) is 17.9 Å². The van der Waals surface area contributed by atoms with Crippen LogP contribution in [0.1, 0.15) is 34.3 Å². The van der Waals surface area contributed by atoms with E-state index in [1.807, 2.05) is 36.4 Å². The minimum atomic E-state index is -0.416. The zero-order chi connectivity index (χ0) is 18.1. The Bertz CT molecular complexity index is 876. The molecule has 5 heteroatoms. The quantitative estimate of drug-likeness (QED) is 0.894. The average molecular weight is 347 g/mol. The molecule has 1 fully saturated rings. The molecule has 2 aliphatic heterocycles. The Morgan fingerprint density at radius 1 is 1.15 bits per heavy atom. The molecule has 2 N–H and O–H groups in total. The lowest BCUT2D eigenvalue weighted by molar-refractivity contribution is -0.126. The maximum atomic E-state index is 12.7. The van der Waals surface area contributed by atoms with Gasteiger partial charge < -0.3 is 15.5 Å². The van der Waals surface area contributed by atoms with Gasteiger partial charge in [-0.15, -0.1) is 0 Å². The first-order valence-electron chi connectivity index (χ1n) is 8.82. The molecule has 26 heavy (non-hydrogen) atoms. The number of carbonyl (C=O) groups excluding carboxylic acids is 2. The van der Waals surface area contributed by atoms with Crippen LogP contribution in [0.5, 0.6) is 0 Å². The van der Waals surface area contributed by atoms with Gasteiger partial charge in [0.05, 0.1) is 0 Å². The van der Waals surface area contributed by atoms with Gasteiger partial charge in [-0.05, 0) is 42.2 Å². The molecule has 5 nitrogen and oxygen atoms in total. The Balaban J connectivity index is 1.48. The number of allylic oxidation sites excluding steroid dienone is 1. The molecule has 0 spiro atoms.